The molecule has 3 aliphatic heterocycles. The first-order valence-electron chi connectivity index (χ1n) is 11.5. The van der Waals surface area contributed by atoms with E-state index < -0.39 is 0 Å². The fourth-order valence-electron chi connectivity index (χ4n) is 4.22. The van der Waals surface area contributed by atoms with Crippen molar-refractivity contribution in [3.8, 4) is 17.1 Å². The molecule has 0 spiro atoms. The summed E-state index contributed by atoms with van der Waals surface area (Å²) in [4.78, 5) is 0. The van der Waals surface area contributed by atoms with Gasteiger partial charge < -0.3 is 14.2 Å². The van der Waals surface area contributed by atoms with E-state index in [4.69, 9.17) is 14.2 Å². The van der Waals surface area contributed by atoms with Gasteiger partial charge in [0.1, 0.15) is 92.2 Å². The van der Waals surface area contributed by atoms with Crippen molar-refractivity contribution in [2.75, 3.05) is 19.8 Å². The van der Waals surface area contributed by atoms with Gasteiger partial charge in [-0.15, -0.1) is 0 Å². The molecule has 0 saturated carbocycles. The fourth-order valence-corrected chi connectivity index (χ4v) is 4.22. The zero-order valence-electron chi connectivity index (χ0n) is 18.3. The maximum atomic E-state index is 5.39. The van der Waals surface area contributed by atoms with Crippen LogP contribution in [0.15, 0.2) is 74.4 Å². The highest BCUT2D eigenvalue weighted by atomic mass is 16.6. The van der Waals surface area contributed by atoms with Gasteiger partial charge >= 0.3 is 0 Å². The molecule has 3 aliphatic rings. The van der Waals surface area contributed by atoms with Gasteiger partial charge in [0.15, 0.2) is 0 Å². The van der Waals surface area contributed by atoms with Crippen LogP contribution in [0.5, 0.6) is 0 Å². The molecule has 1 aromatic carbocycles. The molecule has 3 saturated heterocycles. The average Bonchev–Trinajstić information content (AvgIpc) is 3.78. The normalized spacial score (nSPS) is 23.1. The van der Waals surface area contributed by atoms with Gasteiger partial charge in [0, 0.05) is 18.2 Å². The van der Waals surface area contributed by atoms with Crippen LogP contribution in [-0.4, -0.2) is 51.8 Å². The fraction of sp³-hybridized carbons (Fsp3) is 0.375. The number of hydrogen-bond donors (Lipinski definition) is 0. The predicted octanol–water partition coefficient (Wildman–Crippen LogP) is 0.118. The summed E-state index contributed by atoms with van der Waals surface area (Å²) in [7, 11) is 0. The van der Waals surface area contributed by atoms with Gasteiger partial charge in [-0.1, -0.05) is 0 Å². The van der Waals surface area contributed by atoms with Gasteiger partial charge in [-0.3, -0.25) is 0 Å². The van der Waals surface area contributed by atoms with Gasteiger partial charge in [-0.2, -0.15) is 0 Å². The number of ether oxygens (including phenoxy) is 3. The standard InChI is InChI=1S/C24H27N6O3/c1-4-28(16-25(1)10-22-13-31-22)19-7-20(29-5-2-26(17-29)11-23-14-32-23)9-21(8-19)30-6-3-27(18-30)12-24-15-33-24/h1-9,16-18,22-24H,10-15H2/q+3. The second-order valence-corrected chi connectivity index (χ2v) is 9.13. The molecular formula is C24H27N6O3+3. The lowest BCUT2D eigenvalue weighted by molar-refractivity contribution is -0.697. The quantitative estimate of drug-likeness (QED) is 0.270. The van der Waals surface area contributed by atoms with Crippen molar-refractivity contribution in [3.63, 3.8) is 0 Å². The van der Waals surface area contributed by atoms with E-state index in [1.165, 1.54) is 0 Å². The molecule has 7 rings (SSSR count). The maximum Gasteiger partial charge on any atom is 0.249 e. The van der Waals surface area contributed by atoms with Crippen molar-refractivity contribution < 1.29 is 27.9 Å². The van der Waals surface area contributed by atoms with Crippen LogP contribution in [0.25, 0.3) is 17.1 Å². The van der Waals surface area contributed by atoms with Crippen LogP contribution in [0.4, 0.5) is 0 Å². The van der Waals surface area contributed by atoms with Gasteiger partial charge in [-0.25, -0.2) is 27.4 Å². The molecule has 3 aromatic heterocycles. The summed E-state index contributed by atoms with van der Waals surface area (Å²) in [5.74, 6) is 0. The number of nitrogens with zero attached hydrogens (tertiary/aromatic N) is 6. The molecular weight excluding hydrogens is 420 g/mol. The molecule has 168 valence electrons. The summed E-state index contributed by atoms with van der Waals surface area (Å²) in [5.41, 5.74) is 3.32. The molecule has 3 atom stereocenters. The van der Waals surface area contributed by atoms with E-state index in [1.54, 1.807) is 0 Å². The molecule has 9 nitrogen and oxygen atoms in total. The van der Waals surface area contributed by atoms with E-state index in [0.29, 0.717) is 18.3 Å². The molecule has 0 amide bonds. The Balaban J connectivity index is 1.25. The van der Waals surface area contributed by atoms with Crippen LogP contribution >= 0.6 is 0 Å². The topological polar surface area (TPSA) is 64.0 Å². The lowest BCUT2D eigenvalue weighted by Crippen LogP contribution is -2.34. The Morgan fingerprint density at radius 2 is 0.879 bits per heavy atom. The summed E-state index contributed by atoms with van der Waals surface area (Å²) in [6.07, 6.45) is 20.1. The van der Waals surface area contributed by atoms with E-state index in [2.05, 4.69) is 102 Å². The minimum atomic E-state index is 0.351. The third-order valence-corrected chi connectivity index (χ3v) is 6.31. The van der Waals surface area contributed by atoms with Crippen LogP contribution in [0.1, 0.15) is 0 Å². The van der Waals surface area contributed by atoms with Crippen LogP contribution < -0.4 is 13.7 Å². The van der Waals surface area contributed by atoms with Crippen molar-refractivity contribution in [1.29, 1.82) is 0 Å². The molecule has 33 heavy (non-hydrogen) atoms. The maximum absolute atomic E-state index is 5.39. The van der Waals surface area contributed by atoms with Crippen LogP contribution in [0.2, 0.25) is 0 Å². The first-order chi connectivity index (χ1) is 16.2. The molecule has 6 heterocycles. The Hall–Kier alpha value is -3.27. The van der Waals surface area contributed by atoms with Crippen molar-refractivity contribution >= 4 is 0 Å². The number of epoxide rings is 3. The third-order valence-electron chi connectivity index (χ3n) is 6.31. The average molecular weight is 448 g/mol. The molecule has 0 aliphatic carbocycles. The van der Waals surface area contributed by atoms with E-state index in [0.717, 1.165) is 56.5 Å². The molecule has 3 unspecified atom stereocenters. The zero-order chi connectivity index (χ0) is 21.8. The highest BCUT2D eigenvalue weighted by Crippen LogP contribution is 2.21. The Labute approximate surface area is 191 Å². The lowest BCUT2D eigenvalue weighted by Gasteiger charge is -2.03. The number of rotatable bonds is 9. The van der Waals surface area contributed by atoms with Gasteiger partial charge in [0.2, 0.25) is 19.0 Å². The minimum absolute atomic E-state index is 0.351. The molecule has 4 aromatic rings. The molecule has 0 N–H and O–H groups in total. The third kappa shape index (κ3) is 4.35. The van der Waals surface area contributed by atoms with E-state index in [-0.39, 0.29) is 0 Å². The summed E-state index contributed by atoms with van der Waals surface area (Å²) >= 11 is 0. The SMILES string of the molecule is c1c(-n2cc[n+](CC3CO3)c2)cc(-n2cc[n+](CC3CO3)c2)cc1-n1cc[n+](CC2CO2)c1. The molecule has 0 bridgehead atoms. The number of aromatic nitrogens is 6. The number of imidazole rings is 3. The Morgan fingerprint density at radius 1 is 0.576 bits per heavy atom. The van der Waals surface area contributed by atoms with Gasteiger partial charge in [-0.05, 0) is 0 Å². The van der Waals surface area contributed by atoms with Crippen molar-refractivity contribution in [1.82, 2.24) is 13.7 Å². The first-order valence-corrected chi connectivity index (χ1v) is 11.5. The lowest BCUT2D eigenvalue weighted by atomic mass is 10.2. The Kier molecular flexibility index (Phi) is 4.46. The molecule has 0 radical (unpaired) electrons. The van der Waals surface area contributed by atoms with E-state index >= 15 is 0 Å². The van der Waals surface area contributed by atoms with Gasteiger partial charge in [0.05, 0.1) is 19.8 Å². The second kappa shape index (κ2) is 7.65. The summed E-state index contributed by atoms with van der Waals surface area (Å²) < 4.78 is 29.2. The predicted molar refractivity (Wildman–Crippen MR) is 114 cm³/mol. The largest absolute Gasteiger partial charge is 0.369 e. The zero-order valence-corrected chi connectivity index (χ0v) is 18.3. The highest BCUT2D eigenvalue weighted by molar-refractivity contribution is 5.53. The minimum Gasteiger partial charge on any atom is -0.369 e. The van der Waals surface area contributed by atoms with Crippen LogP contribution in [0, 0.1) is 0 Å². The van der Waals surface area contributed by atoms with Crippen LogP contribution in [0.3, 0.4) is 0 Å². The van der Waals surface area contributed by atoms with Crippen molar-refractivity contribution in [3.05, 3.63) is 74.4 Å². The summed E-state index contributed by atoms with van der Waals surface area (Å²) in [5, 5.41) is 0. The monoisotopic (exact) mass is 447 g/mol. The summed E-state index contributed by atoms with van der Waals surface area (Å²) in [6, 6.07) is 6.65. The van der Waals surface area contributed by atoms with E-state index in [9.17, 15) is 0 Å². The van der Waals surface area contributed by atoms with Gasteiger partial charge in [0.25, 0.3) is 0 Å². The Morgan fingerprint density at radius 3 is 1.15 bits per heavy atom. The smallest absolute Gasteiger partial charge is 0.249 e. The second-order valence-electron chi connectivity index (χ2n) is 9.13. The van der Waals surface area contributed by atoms with Crippen molar-refractivity contribution in [2.45, 2.75) is 37.9 Å². The Bertz CT molecular complexity index is 1130. The van der Waals surface area contributed by atoms with E-state index in [1.807, 2.05) is 0 Å². The summed E-state index contributed by atoms with van der Waals surface area (Å²) in [6.45, 7) is 5.24. The number of benzene rings is 1. The first kappa shape index (κ1) is 19.2. The van der Waals surface area contributed by atoms with Crippen molar-refractivity contribution in [2.24, 2.45) is 0 Å². The van der Waals surface area contributed by atoms with Crippen LogP contribution in [-0.2, 0) is 33.8 Å². The molecule has 3 fully saturated rings. The number of hydrogen-bond acceptors (Lipinski definition) is 3. The molecule has 9 heteroatoms. The highest BCUT2D eigenvalue weighted by Gasteiger charge is 2.28.